The first-order chi connectivity index (χ1) is 11.9. The highest BCUT2D eigenvalue weighted by Gasteiger charge is 2.35. The van der Waals surface area contributed by atoms with Crippen molar-refractivity contribution in [2.24, 2.45) is 0 Å². The zero-order valence-electron chi connectivity index (χ0n) is 13.9. The molecule has 2 aliphatic heterocycles. The van der Waals surface area contributed by atoms with Crippen LogP contribution < -0.4 is 4.72 Å². The van der Waals surface area contributed by atoms with Crippen molar-refractivity contribution in [3.63, 3.8) is 0 Å². The van der Waals surface area contributed by atoms with Crippen LogP contribution in [0.5, 0.6) is 0 Å². The smallest absolute Gasteiger partial charge is 0.266 e. The van der Waals surface area contributed by atoms with Crippen LogP contribution in [0.4, 0.5) is 0 Å². The fraction of sp³-hybridized carbons (Fsp3) is 0.562. The first-order valence-corrected chi connectivity index (χ1v) is 10.8. The Morgan fingerprint density at radius 1 is 1.16 bits per heavy atom. The van der Waals surface area contributed by atoms with Crippen LogP contribution in [-0.2, 0) is 16.6 Å². The van der Waals surface area contributed by atoms with Crippen LogP contribution >= 0.6 is 23.2 Å². The number of hydrogen-bond acceptors (Lipinski definition) is 4. The summed E-state index contributed by atoms with van der Waals surface area (Å²) in [6, 6.07) is 5.08. The zero-order chi connectivity index (χ0) is 18.1. The van der Waals surface area contributed by atoms with Gasteiger partial charge in [-0.15, -0.1) is 23.2 Å². The minimum atomic E-state index is -3.72. The molecular formula is C16H22Cl2N3O3S+. The van der Waals surface area contributed by atoms with Gasteiger partial charge in [0.1, 0.15) is 11.4 Å². The Morgan fingerprint density at radius 3 is 2.52 bits per heavy atom. The maximum Gasteiger partial charge on any atom is 0.266 e. The van der Waals surface area contributed by atoms with E-state index in [-0.39, 0.29) is 10.5 Å². The van der Waals surface area contributed by atoms with Gasteiger partial charge >= 0.3 is 0 Å². The van der Waals surface area contributed by atoms with E-state index < -0.39 is 15.9 Å². The van der Waals surface area contributed by atoms with Crippen molar-refractivity contribution in [2.75, 3.05) is 51.0 Å². The molecule has 1 fully saturated rings. The van der Waals surface area contributed by atoms with E-state index in [0.717, 1.165) is 49.3 Å². The highest BCUT2D eigenvalue weighted by Crippen LogP contribution is 2.26. The molecule has 1 aromatic rings. The number of alkyl halides is 2. The number of sulfonamides is 1. The number of fused-ring (bicyclic) bond motifs is 1. The Hall–Kier alpha value is -0.860. The number of piperazine rings is 1. The summed E-state index contributed by atoms with van der Waals surface area (Å²) in [5.74, 6) is 0.624. The minimum Gasteiger partial charge on any atom is -0.317 e. The SMILES string of the molecule is O=C1NS(=O)(=O)c2cc(C[N+]3(CCCl)CCN(CCCl)CC3)ccc21. The number of halogens is 2. The van der Waals surface area contributed by atoms with Gasteiger partial charge in [0.15, 0.2) is 0 Å². The normalized spacial score (nSPS) is 21.8. The van der Waals surface area contributed by atoms with E-state index in [2.05, 4.69) is 4.90 Å². The first kappa shape index (κ1) is 18.9. The molecule has 1 N–H and O–H groups in total. The predicted molar refractivity (Wildman–Crippen MR) is 97.5 cm³/mol. The van der Waals surface area contributed by atoms with Crippen LogP contribution in [0.3, 0.4) is 0 Å². The van der Waals surface area contributed by atoms with Crippen LogP contribution in [-0.4, -0.2) is 74.7 Å². The van der Waals surface area contributed by atoms with Crippen LogP contribution in [0.15, 0.2) is 23.1 Å². The van der Waals surface area contributed by atoms with E-state index in [9.17, 15) is 13.2 Å². The summed E-state index contributed by atoms with van der Waals surface area (Å²) in [4.78, 5) is 14.1. The summed E-state index contributed by atoms with van der Waals surface area (Å²) in [6.07, 6.45) is 0. The lowest BCUT2D eigenvalue weighted by molar-refractivity contribution is -0.942. The van der Waals surface area contributed by atoms with E-state index in [1.54, 1.807) is 12.1 Å². The van der Waals surface area contributed by atoms with Gasteiger partial charge in [0.2, 0.25) is 0 Å². The number of amides is 1. The van der Waals surface area contributed by atoms with Gasteiger partial charge in [-0.1, -0.05) is 6.07 Å². The van der Waals surface area contributed by atoms with Crippen molar-refractivity contribution in [3.8, 4) is 0 Å². The molecule has 1 amide bonds. The number of hydrogen-bond donors (Lipinski definition) is 1. The fourth-order valence-electron chi connectivity index (χ4n) is 3.61. The van der Waals surface area contributed by atoms with Crippen LogP contribution in [0, 0.1) is 0 Å². The van der Waals surface area contributed by atoms with Gasteiger partial charge in [-0.2, -0.15) is 0 Å². The second-order valence-electron chi connectivity index (χ2n) is 6.66. The van der Waals surface area contributed by atoms with Crippen molar-refractivity contribution in [1.82, 2.24) is 9.62 Å². The van der Waals surface area contributed by atoms with Gasteiger partial charge in [0.25, 0.3) is 15.9 Å². The minimum absolute atomic E-state index is 0.0831. The third kappa shape index (κ3) is 3.95. The standard InChI is InChI=1S/C16H21Cl2N3O3S/c17-3-5-20-6-9-21(8-4-18,10-7-20)12-13-1-2-14-15(11-13)25(23,24)19-16(14)22/h1-2,11H,3-10,12H2/p+1. The molecule has 0 aromatic heterocycles. The van der Waals surface area contributed by atoms with E-state index in [0.29, 0.717) is 18.3 Å². The van der Waals surface area contributed by atoms with Crippen molar-refractivity contribution in [1.29, 1.82) is 0 Å². The van der Waals surface area contributed by atoms with Gasteiger partial charge in [0.05, 0.1) is 31.1 Å². The maximum absolute atomic E-state index is 12.1. The monoisotopic (exact) mass is 406 g/mol. The molecule has 0 unspecified atom stereocenters. The lowest BCUT2D eigenvalue weighted by Crippen LogP contribution is -2.59. The van der Waals surface area contributed by atoms with Gasteiger partial charge in [0, 0.05) is 31.1 Å². The summed E-state index contributed by atoms with van der Waals surface area (Å²) in [7, 11) is -3.72. The highest BCUT2D eigenvalue weighted by molar-refractivity contribution is 7.90. The number of nitrogens with one attached hydrogen (secondary N) is 1. The molecule has 2 aliphatic rings. The second kappa shape index (κ2) is 7.40. The molecule has 6 nitrogen and oxygen atoms in total. The van der Waals surface area contributed by atoms with Crippen LogP contribution in [0.25, 0.3) is 0 Å². The number of rotatable bonds is 6. The number of carbonyl (C=O) groups is 1. The third-order valence-electron chi connectivity index (χ3n) is 5.07. The predicted octanol–water partition coefficient (Wildman–Crippen LogP) is 1.23. The molecule has 0 spiro atoms. The van der Waals surface area contributed by atoms with Gasteiger partial charge in [-0.3, -0.25) is 9.69 Å². The number of quaternary nitrogens is 1. The molecule has 3 rings (SSSR count). The lowest BCUT2D eigenvalue weighted by Gasteiger charge is -2.44. The van der Waals surface area contributed by atoms with Crippen LogP contribution in [0.2, 0.25) is 0 Å². The largest absolute Gasteiger partial charge is 0.317 e. The summed E-state index contributed by atoms with van der Waals surface area (Å²) in [5, 5.41) is 0. The van der Waals surface area contributed by atoms with Gasteiger partial charge in [-0.25, -0.2) is 13.1 Å². The molecule has 1 aromatic carbocycles. The average molecular weight is 407 g/mol. The molecule has 0 aliphatic carbocycles. The Balaban J connectivity index is 1.81. The Labute approximate surface area is 158 Å². The zero-order valence-corrected chi connectivity index (χ0v) is 16.2. The molecule has 25 heavy (non-hydrogen) atoms. The second-order valence-corrected chi connectivity index (χ2v) is 9.06. The Kier molecular flexibility index (Phi) is 5.60. The lowest BCUT2D eigenvalue weighted by atomic mass is 10.1. The molecule has 0 atom stereocenters. The molecule has 0 saturated carbocycles. The fourth-order valence-corrected chi connectivity index (χ4v) is 5.43. The molecule has 9 heteroatoms. The van der Waals surface area contributed by atoms with E-state index >= 15 is 0 Å². The van der Waals surface area contributed by atoms with Crippen molar-refractivity contribution in [2.45, 2.75) is 11.4 Å². The molecular weight excluding hydrogens is 385 g/mol. The Morgan fingerprint density at radius 2 is 1.88 bits per heavy atom. The maximum atomic E-state index is 12.1. The summed E-state index contributed by atoms with van der Waals surface area (Å²) >= 11 is 11.9. The summed E-state index contributed by atoms with van der Waals surface area (Å²) in [6.45, 7) is 6.22. The highest BCUT2D eigenvalue weighted by atomic mass is 35.5. The quantitative estimate of drug-likeness (QED) is 0.569. The van der Waals surface area contributed by atoms with Crippen molar-refractivity contribution in [3.05, 3.63) is 29.3 Å². The van der Waals surface area contributed by atoms with E-state index in [1.165, 1.54) is 0 Å². The summed E-state index contributed by atoms with van der Waals surface area (Å²) < 4.78 is 27.0. The number of nitrogens with zero attached hydrogens (tertiary/aromatic N) is 2. The van der Waals surface area contributed by atoms with Crippen LogP contribution in [0.1, 0.15) is 15.9 Å². The van der Waals surface area contributed by atoms with E-state index in [4.69, 9.17) is 23.2 Å². The number of benzene rings is 1. The molecule has 0 radical (unpaired) electrons. The molecule has 0 bridgehead atoms. The number of carbonyl (C=O) groups excluding carboxylic acids is 1. The van der Waals surface area contributed by atoms with E-state index in [1.807, 2.05) is 10.8 Å². The topological polar surface area (TPSA) is 66.5 Å². The van der Waals surface area contributed by atoms with Gasteiger partial charge in [-0.05, 0) is 12.1 Å². The first-order valence-electron chi connectivity index (χ1n) is 8.29. The van der Waals surface area contributed by atoms with Gasteiger partial charge < -0.3 is 4.48 Å². The summed E-state index contributed by atoms with van der Waals surface area (Å²) in [5.41, 5.74) is 1.13. The Bertz CT molecular complexity index is 762. The molecule has 138 valence electrons. The molecule has 1 saturated heterocycles. The molecule has 2 heterocycles. The van der Waals surface area contributed by atoms with Crippen molar-refractivity contribution >= 4 is 39.1 Å². The third-order valence-corrected chi connectivity index (χ3v) is 6.77. The van der Waals surface area contributed by atoms with Crippen molar-refractivity contribution < 1.29 is 17.7 Å². The average Bonchev–Trinajstić information content (AvgIpc) is 2.79.